The van der Waals surface area contributed by atoms with Crippen LogP contribution in [-0.4, -0.2) is 15.5 Å². The lowest BCUT2D eigenvalue weighted by atomic mass is 10.0. The second-order valence-corrected chi connectivity index (χ2v) is 8.91. The molecular weight excluding hydrogens is 418 g/mol. The fourth-order valence-corrected chi connectivity index (χ4v) is 4.75. The highest BCUT2D eigenvalue weighted by atomic mass is 32.1. The molecule has 32 heavy (non-hydrogen) atoms. The SMILES string of the molecule is CCc1ccc(NC(=O)[C@@H](CC)n2cnc3scc(-c4ccc(C)c(C)c4)c3c2=O)cc1. The minimum Gasteiger partial charge on any atom is -0.324 e. The first kappa shape index (κ1) is 22.0. The van der Waals surface area contributed by atoms with Crippen molar-refractivity contribution in [2.24, 2.45) is 0 Å². The summed E-state index contributed by atoms with van der Waals surface area (Å²) in [5, 5.41) is 5.49. The molecule has 0 bridgehead atoms. The lowest BCUT2D eigenvalue weighted by Gasteiger charge is -2.18. The van der Waals surface area contributed by atoms with Crippen LogP contribution in [0.1, 0.15) is 43.0 Å². The molecule has 0 aliphatic rings. The number of nitrogens with one attached hydrogen (secondary N) is 1. The van der Waals surface area contributed by atoms with E-state index in [1.807, 2.05) is 42.6 Å². The Morgan fingerprint density at radius 3 is 2.50 bits per heavy atom. The average molecular weight is 446 g/mol. The molecule has 164 valence electrons. The quantitative estimate of drug-likeness (QED) is 0.402. The molecule has 0 saturated carbocycles. The number of hydrogen-bond donors (Lipinski definition) is 1. The largest absolute Gasteiger partial charge is 0.324 e. The van der Waals surface area contributed by atoms with Gasteiger partial charge in [0.1, 0.15) is 10.9 Å². The lowest BCUT2D eigenvalue weighted by molar-refractivity contribution is -0.119. The second kappa shape index (κ2) is 9.09. The molecule has 0 spiro atoms. The minimum atomic E-state index is -0.641. The van der Waals surface area contributed by atoms with Gasteiger partial charge in [0.2, 0.25) is 5.91 Å². The summed E-state index contributed by atoms with van der Waals surface area (Å²) in [4.78, 5) is 31.8. The molecule has 0 aliphatic heterocycles. The number of rotatable bonds is 6. The van der Waals surface area contributed by atoms with Crippen molar-refractivity contribution in [2.45, 2.75) is 46.6 Å². The smallest absolute Gasteiger partial charge is 0.263 e. The van der Waals surface area contributed by atoms with E-state index in [2.05, 4.69) is 43.2 Å². The summed E-state index contributed by atoms with van der Waals surface area (Å²) in [5.41, 5.74) is 5.98. The van der Waals surface area contributed by atoms with Crippen LogP contribution >= 0.6 is 11.3 Å². The molecular formula is C26H27N3O2S. The number of benzene rings is 2. The standard InChI is InChI=1S/C26H27N3O2S/c1-5-18-8-11-20(12-9-18)28-24(30)22(6-2)29-15-27-25-23(26(29)31)21(14-32-25)19-10-7-16(3)17(4)13-19/h7-15,22H,5-6H2,1-4H3,(H,28,30)/t22-/m1/s1. The van der Waals surface area contributed by atoms with Gasteiger partial charge >= 0.3 is 0 Å². The van der Waals surface area contributed by atoms with E-state index in [1.54, 1.807) is 0 Å². The third-order valence-corrected chi connectivity index (χ3v) is 6.88. The van der Waals surface area contributed by atoms with E-state index in [-0.39, 0.29) is 11.5 Å². The molecule has 1 N–H and O–H groups in total. The van der Waals surface area contributed by atoms with Crippen molar-refractivity contribution in [3.8, 4) is 11.1 Å². The van der Waals surface area contributed by atoms with Crippen LogP contribution in [0.4, 0.5) is 5.69 Å². The molecule has 6 heteroatoms. The van der Waals surface area contributed by atoms with E-state index in [9.17, 15) is 9.59 Å². The Hall–Kier alpha value is -3.25. The van der Waals surface area contributed by atoms with Gasteiger partial charge in [0.25, 0.3) is 5.56 Å². The van der Waals surface area contributed by atoms with Crippen LogP contribution < -0.4 is 10.9 Å². The summed E-state index contributed by atoms with van der Waals surface area (Å²) in [6, 6.07) is 13.3. The van der Waals surface area contributed by atoms with Gasteiger partial charge in [-0.05, 0) is 61.1 Å². The third-order valence-electron chi connectivity index (χ3n) is 5.99. The predicted molar refractivity (Wildman–Crippen MR) is 133 cm³/mol. The summed E-state index contributed by atoms with van der Waals surface area (Å²) >= 11 is 1.45. The molecule has 0 aliphatic carbocycles. The number of aromatic nitrogens is 2. The van der Waals surface area contributed by atoms with Gasteiger partial charge < -0.3 is 5.32 Å². The Morgan fingerprint density at radius 1 is 1.09 bits per heavy atom. The molecule has 1 amide bonds. The summed E-state index contributed by atoms with van der Waals surface area (Å²) in [7, 11) is 0. The minimum absolute atomic E-state index is 0.187. The van der Waals surface area contributed by atoms with E-state index in [0.29, 0.717) is 16.6 Å². The predicted octanol–water partition coefficient (Wildman–Crippen LogP) is 5.89. The Bertz CT molecular complexity index is 1340. The van der Waals surface area contributed by atoms with E-state index >= 15 is 0 Å². The normalized spacial score (nSPS) is 12.1. The maximum Gasteiger partial charge on any atom is 0.263 e. The molecule has 1 atom stereocenters. The monoisotopic (exact) mass is 445 g/mol. The van der Waals surface area contributed by atoms with Crippen LogP contribution in [0.5, 0.6) is 0 Å². The maximum absolute atomic E-state index is 13.5. The van der Waals surface area contributed by atoms with Crippen molar-refractivity contribution in [3.63, 3.8) is 0 Å². The van der Waals surface area contributed by atoms with E-state index in [0.717, 1.165) is 23.2 Å². The molecule has 5 nitrogen and oxygen atoms in total. The van der Waals surface area contributed by atoms with Crippen molar-refractivity contribution >= 4 is 33.1 Å². The Labute approximate surface area is 191 Å². The van der Waals surface area contributed by atoms with Crippen molar-refractivity contribution in [1.29, 1.82) is 0 Å². The fraction of sp³-hybridized carbons (Fsp3) is 0.269. The first-order chi connectivity index (χ1) is 15.4. The summed E-state index contributed by atoms with van der Waals surface area (Å²) in [5.74, 6) is -0.219. The van der Waals surface area contributed by atoms with Crippen LogP contribution in [0.3, 0.4) is 0 Å². The highest BCUT2D eigenvalue weighted by molar-refractivity contribution is 7.17. The van der Waals surface area contributed by atoms with Gasteiger partial charge in [0.05, 0.1) is 11.7 Å². The summed E-state index contributed by atoms with van der Waals surface area (Å²) in [6.07, 6.45) is 2.92. The van der Waals surface area contributed by atoms with Gasteiger partial charge in [-0.15, -0.1) is 11.3 Å². The van der Waals surface area contributed by atoms with Crippen LogP contribution in [0, 0.1) is 13.8 Å². The molecule has 0 unspecified atom stereocenters. The summed E-state index contributed by atoms with van der Waals surface area (Å²) in [6.45, 7) is 8.12. The van der Waals surface area contributed by atoms with Crippen molar-refractivity contribution in [2.75, 3.05) is 5.32 Å². The maximum atomic E-state index is 13.5. The van der Waals surface area contributed by atoms with Crippen LogP contribution in [-0.2, 0) is 11.2 Å². The molecule has 2 heterocycles. The number of amides is 1. The van der Waals surface area contributed by atoms with E-state index < -0.39 is 6.04 Å². The van der Waals surface area contributed by atoms with Gasteiger partial charge in [-0.2, -0.15) is 0 Å². The van der Waals surface area contributed by atoms with Gasteiger partial charge in [-0.3, -0.25) is 14.2 Å². The molecule has 0 fully saturated rings. The average Bonchev–Trinajstić information content (AvgIpc) is 3.23. The fourth-order valence-electron chi connectivity index (χ4n) is 3.85. The Kier molecular flexibility index (Phi) is 6.24. The highest BCUT2D eigenvalue weighted by Crippen LogP contribution is 2.32. The zero-order valence-electron chi connectivity index (χ0n) is 18.8. The number of anilines is 1. The van der Waals surface area contributed by atoms with Gasteiger partial charge in [0, 0.05) is 16.6 Å². The number of carbonyl (C=O) groups is 1. The number of fused-ring (bicyclic) bond motifs is 1. The third kappa shape index (κ3) is 4.10. The van der Waals surface area contributed by atoms with Crippen LogP contribution in [0.25, 0.3) is 21.3 Å². The molecule has 0 radical (unpaired) electrons. The number of hydrogen-bond acceptors (Lipinski definition) is 4. The van der Waals surface area contributed by atoms with Crippen molar-refractivity contribution in [1.82, 2.24) is 9.55 Å². The van der Waals surface area contributed by atoms with E-state index in [4.69, 9.17) is 0 Å². The van der Waals surface area contributed by atoms with Gasteiger partial charge in [-0.1, -0.05) is 44.2 Å². The first-order valence-corrected chi connectivity index (χ1v) is 11.8. The number of aryl methyl sites for hydroxylation is 3. The van der Waals surface area contributed by atoms with Crippen molar-refractivity contribution < 1.29 is 4.79 Å². The second-order valence-electron chi connectivity index (χ2n) is 8.05. The van der Waals surface area contributed by atoms with Crippen molar-refractivity contribution in [3.05, 3.63) is 81.2 Å². The zero-order valence-corrected chi connectivity index (χ0v) is 19.6. The molecule has 2 aromatic carbocycles. The van der Waals surface area contributed by atoms with Gasteiger partial charge in [-0.25, -0.2) is 4.98 Å². The molecule has 0 saturated heterocycles. The highest BCUT2D eigenvalue weighted by Gasteiger charge is 2.23. The lowest BCUT2D eigenvalue weighted by Crippen LogP contribution is -2.33. The number of carbonyl (C=O) groups excluding carboxylic acids is 1. The molecule has 2 aromatic heterocycles. The molecule has 4 rings (SSSR count). The Morgan fingerprint density at radius 2 is 1.84 bits per heavy atom. The number of thiophene rings is 1. The number of nitrogens with zero attached hydrogens (tertiary/aromatic N) is 2. The molecule has 4 aromatic rings. The Balaban J connectivity index is 1.72. The topological polar surface area (TPSA) is 64.0 Å². The zero-order chi connectivity index (χ0) is 22.8. The first-order valence-electron chi connectivity index (χ1n) is 10.9. The van der Waals surface area contributed by atoms with E-state index in [1.165, 1.54) is 38.9 Å². The van der Waals surface area contributed by atoms with Crippen LogP contribution in [0.15, 0.2) is 59.0 Å². The van der Waals surface area contributed by atoms with Gasteiger partial charge in [0.15, 0.2) is 0 Å². The summed E-state index contributed by atoms with van der Waals surface area (Å²) < 4.78 is 1.47. The van der Waals surface area contributed by atoms with Crippen LogP contribution in [0.2, 0.25) is 0 Å².